The average Bonchev–Trinajstić information content (AvgIpc) is 3.20. The number of amides is 2. The third-order valence-corrected chi connectivity index (χ3v) is 7.07. The number of ether oxygens (including phenoxy) is 2. The fourth-order valence-electron chi connectivity index (χ4n) is 4.42. The molecule has 0 fully saturated rings. The summed E-state index contributed by atoms with van der Waals surface area (Å²) in [6.45, 7) is 3.61. The summed E-state index contributed by atoms with van der Waals surface area (Å²) in [5.41, 5.74) is 2.26. The number of hydrogen-bond donors (Lipinski definition) is 2. The summed E-state index contributed by atoms with van der Waals surface area (Å²) in [4.78, 5) is 28.2. The van der Waals surface area contributed by atoms with Crippen LogP contribution >= 0.6 is 23.2 Å². The SMILES string of the molecule is CCOCCCN1C(=O)C(O)=C(C(=O)NCc2ccc(Cl)c(Cl)c2)C1c1ccccc1OCc1ccccc1. The Morgan fingerprint density at radius 2 is 1.74 bits per heavy atom. The minimum absolute atomic E-state index is 0.0350. The second-order valence-corrected chi connectivity index (χ2v) is 9.77. The number of nitrogens with one attached hydrogen (secondary N) is 1. The summed E-state index contributed by atoms with van der Waals surface area (Å²) >= 11 is 12.1. The number of aliphatic hydroxyl groups excluding tert-OH is 1. The van der Waals surface area contributed by atoms with Crippen LogP contribution in [0.4, 0.5) is 0 Å². The summed E-state index contributed by atoms with van der Waals surface area (Å²) in [5, 5.41) is 14.5. The summed E-state index contributed by atoms with van der Waals surface area (Å²) < 4.78 is 11.6. The van der Waals surface area contributed by atoms with Crippen LogP contribution in [-0.2, 0) is 27.5 Å². The van der Waals surface area contributed by atoms with Gasteiger partial charge in [0.15, 0.2) is 5.76 Å². The predicted molar refractivity (Wildman–Crippen MR) is 151 cm³/mol. The maximum absolute atomic E-state index is 13.5. The Kier molecular flexibility index (Phi) is 9.87. The standard InChI is InChI=1S/C30H30Cl2N2O5/c1-2-38-16-8-15-34-27(22-11-6-7-12-25(22)39-19-20-9-4-3-5-10-20)26(28(35)30(34)37)29(36)33-18-21-13-14-23(31)24(32)17-21/h3-7,9-14,17,27,35H,2,8,15-16,18-19H2,1H3,(H,33,36). The van der Waals surface area contributed by atoms with Crippen LogP contribution in [0.2, 0.25) is 10.0 Å². The summed E-state index contributed by atoms with van der Waals surface area (Å²) in [7, 11) is 0. The van der Waals surface area contributed by atoms with Crippen molar-refractivity contribution < 1.29 is 24.2 Å². The van der Waals surface area contributed by atoms with Crippen molar-refractivity contribution in [2.45, 2.75) is 32.5 Å². The van der Waals surface area contributed by atoms with Gasteiger partial charge in [0.25, 0.3) is 11.8 Å². The van der Waals surface area contributed by atoms with E-state index in [-0.39, 0.29) is 18.7 Å². The van der Waals surface area contributed by atoms with Crippen molar-refractivity contribution >= 4 is 35.0 Å². The fraction of sp³-hybridized carbons (Fsp3) is 0.267. The number of aliphatic hydroxyl groups is 1. The van der Waals surface area contributed by atoms with Crippen molar-refractivity contribution in [3.63, 3.8) is 0 Å². The lowest BCUT2D eigenvalue weighted by atomic mass is 9.97. The van der Waals surface area contributed by atoms with E-state index >= 15 is 0 Å². The Morgan fingerprint density at radius 1 is 1.00 bits per heavy atom. The molecule has 0 spiro atoms. The van der Waals surface area contributed by atoms with Crippen LogP contribution < -0.4 is 10.1 Å². The molecule has 0 radical (unpaired) electrons. The molecule has 39 heavy (non-hydrogen) atoms. The van der Waals surface area contributed by atoms with E-state index in [1.807, 2.05) is 49.4 Å². The minimum Gasteiger partial charge on any atom is -0.503 e. The van der Waals surface area contributed by atoms with Gasteiger partial charge in [-0.15, -0.1) is 0 Å². The van der Waals surface area contributed by atoms with Crippen LogP contribution in [0.5, 0.6) is 5.75 Å². The van der Waals surface area contributed by atoms with Crippen LogP contribution in [-0.4, -0.2) is 41.6 Å². The lowest BCUT2D eigenvalue weighted by molar-refractivity contribution is -0.129. The second kappa shape index (κ2) is 13.5. The Labute approximate surface area is 237 Å². The van der Waals surface area contributed by atoms with Crippen molar-refractivity contribution in [2.75, 3.05) is 19.8 Å². The van der Waals surface area contributed by atoms with Gasteiger partial charge in [-0.05, 0) is 42.7 Å². The topological polar surface area (TPSA) is 88.1 Å². The molecule has 2 N–H and O–H groups in total. The van der Waals surface area contributed by atoms with Gasteiger partial charge in [-0.2, -0.15) is 0 Å². The molecule has 0 aromatic heterocycles. The number of hydrogen-bond acceptors (Lipinski definition) is 5. The summed E-state index contributed by atoms with van der Waals surface area (Å²) in [6, 6.07) is 21.1. The number of carbonyl (C=O) groups is 2. The summed E-state index contributed by atoms with van der Waals surface area (Å²) in [5.74, 6) is -1.25. The largest absolute Gasteiger partial charge is 0.503 e. The van der Waals surface area contributed by atoms with Gasteiger partial charge in [0, 0.05) is 31.9 Å². The third-order valence-electron chi connectivity index (χ3n) is 6.33. The Hall–Kier alpha value is -3.52. The molecule has 1 unspecified atom stereocenters. The second-order valence-electron chi connectivity index (χ2n) is 8.96. The van der Waals surface area contributed by atoms with Gasteiger partial charge in [0.2, 0.25) is 0 Å². The van der Waals surface area contributed by atoms with E-state index in [1.54, 1.807) is 30.3 Å². The first-order chi connectivity index (χ1) is 18.9. The highest BCUT2D eigenvalue weighted by molar-refractivity contribution is 6.42. The molecular formula is C30H30Cl2N2O5. The lowest BCUT2D eigenvalue weighted by Crippen LogP contribution is -2.34. The molecule has 0 saturated carbocycles. The quantitative estimate of drug-likeness (QED) is 0.261. The highest BCUT2D eigenvalue weighted by atomic mass is 35.5. The van der Waals surface area contributed by atoms with Crippen molar-refractivity contribution in [3.05, 3.63) is 111 Å². The molecule has 0 bridgehead atoms. The first kappa shape index (κ1) is 28.5. The van der Waals surface area contributed by atoms with Gasteiger partial charge in [0.05, 0.1) is 21.7 Å². The predicted octanol–water partition coefficient (Wildman–Crippen LogP) is 6.01. The van der Waals surface area contributed by atoms with Crippen molar-refractivity contribution in [1.29, 1.82) is 0 Å². The van der Waals surface area contributed by atoms with Crippen molar-refractivity contribution in [1.82, 2.24) is 10.2 Å². The number of benzene rings is 3. The van der Waals surface area contributed by atoms with Gasteiger partial charge >= 0.3 is 0 Å². The van der Waals surface area contributed by atoms with Crippen molar-refractivity contribution in [2.24, 2.45) is 0 Å². The zero-order chi connectivity index (χ0) is 27.8. The fourth-order valence-corrected chi connectivity index (χ4v) is 4.74. The molecule has 4 rings (SSSR count). The van der Waals surface area contributed by atoms with Crippen LogP contribution in [0.15, 0.2) is 84.1 Å². The van der Waals surface area contributed by atoms with Crippen LogP contribution in [0.25, 0.3) is 0 Å². The van der Waals surface area contributed by atoms with Gasteiger partial charge in [-0.25, -0.2) is 0 Å². The first-order valence-electron chi connectivity index (χ1n) is 12.7. The molecule has 0 aliphatic carbocycles. The molecule has 1 aliphatic rings. The maximum atomic E-state index is 13.5. The highest BCUT2D eigenvalue weighted by Gasteiger charge is 2.44. The van der Waals surface area contributed by atoms with Gasteiger partial charge in [-0.1, -0.05) is 77.8 Å². The van der Waals surface area contributed by atoms with Crippen molar-refractivity contribution in [3.8, 4) is 5.75 Å². The molecule has 9 heteroatoms. The molecule has 7 nitrogen and oxygen atoms in total. The van der Waals surface area contributed by atoms with Gasteiger partial charge in [0.1, 0.15) is 12.4 Å². The zero-order valence-corrected chi connectivity index (χ0v) is 23.0. The number of carbonyl (C=O) groups excluding carboxylic acids is 2. The molecule has 1 atom stereocenters. The smallest absolute Gasteiger partial charge is 0.290 e. The number of halogens is 2. The Bertz CT molecular complexity index is 1350. The van der Waals surface area contributed by atoms with E-state index in [0.29, 0.717) is 47.6 Å². The normalized spacial score (nSPS) is 15.1. The molecule has 204 valence electrons. The van der Waals surface area contributed by atoms with Crippen LogP contribution in [0.3, 0.4) is 0 Å². The molecule has 1 aliphatic heterocycles. The lowest BCUT2D eigenvalue weighted by Gasteiger charge is -2.28. The van der Waals surface area contributed by atoms with E-state index in [9.17, 15) is 14.7 Å². The maximum Gasteiger partial charge on any atom is 0.290 e. The highest BCUT2D eigenvalue weighted by Crippen LogP contribution is 2.41. The molecule has 0 saturated heterocycles. The molecular weight excluding hydrogens is 539 g/mol. The minimum atomic E-state index is -0.847. The monoisotopic (exact) mass is 568 g/mol. The van der Waals surface area contributed by atoms with Gasteiger partial charge in [-0.3, -0.25) is 9.59 Å². The van der Waals surface area contributed by atoms with E-state index in [2.05, 4.69) is 5.32 Å². The van der Waals surface area contributed by atoms with E-state index in [1.165, 1.54) is 4.90 Å². The Morgan fingerprint density at radius 3 is 2.49 bits per heavy atom. The molecule has 1 heterocycles. The van der Waals surface area contributed by atoms with Crippen LogP contribution in [0, 0.1) is 0 Å². The first-order valence-corrected chi connectivity index (χ1v) is 13.5. The van der Waals surface area contributed by atoms with E-state index < -0.39 is 23.6 Å². The average molecular weight is 569 g/mol. The van der Waals surface area contributed by atoms with E-state index in [0.717, 1.165) is 11.1 Å². The molecule has 3 aromatic rings. The zero-order valence-electron chi connectivity index (χ0n) is 21.5. The Balaban J connectivity index is 1.63. The summed E-state index contributed by atoms with van der Waals surface area (Å²) in [6.07, 6.45) is 0.536. The van der Waals surface area contributed by atoms with Gasteiger partial charge < -0.3 is 24.8 Å². The number of rotatable bonds is 12. The third kappa shape index (κ3) is 6.92. The molecule has 2 amide bonds. The number of para-hydroxylation sites is 1. The van der Waals surface area contributed by atoms with Crippen LogP contribution in [0.1, 0.15) is 36.1 Å². The van der Waals surface area contributed by atoms with E-state index in [4.69, 9.17) is 32.7 Å². The molecule has 3 aromatic carbocycles. The number of nitrogens with zero attached hydrogens (tertiary/aromatic N) is 1.